The lowest BCUT2D eigenvalue weighted by Crippen LogP contribution is -2.47. The average Bonchev–Trinajstić information content (AvgIpc) is 3.21. The zero-order valence-corrected chi connectivity index (χ0v) is 20.2. The third kappa shape index (κ3) is 5.69. The molecule has 9 heteroatoms. The van der Waals surface area contributed by atoms with E-state index in [9.17, 15) is 14.4 Å². The van der Waals surface area contributed by atoms with Crippen LogP contribution < -0.4 is 10.1 Å². The summed E-state index contributed by atoms with van der Waals surface area (Å²) in [6.45, 7) is 4.09. The first kappa shape index (κ1) is 24.0. The minimum Gasteiger partial charge on any atom is -0.494 e. The predicted octanol–water partition coefficient (Wildman–Crippen LogP) is 2.42. The van der Waals surface area contributed by atoms with Gasteiger partial charge in [-0.25, -0.2) is 4.99 Å². The van der Waals surface area contributed by atoms with Crippen LogP contribution in [0.15, 0.2) is 23.2 Å². The van der Waals surface area contributed by atoms with Gasteiger partial charge in [0.15, 0.2) is 0 Å². The lowest BCUT2D eigenvalue weighted by molar-refractivity contribution is -0.142. The standard InChI is InChI=1S/C25H35N5O4/c1-3-28(2)24(33)17-30(19-8-5-4-6-9-19)23(32)10-7-13-34-20-11-12-21-18(14-20)15-29-16-22(31)27-25(29)26-21/h11-12,14,19H,3-10,13,15-17H2,1-2H3,(H,26,27,31). The van der Waals surface area contributed by atoms with E-state index in [1.54, 1.807) is 11.9 Å². The van der Waals surface area contributed by atoms with Crippen molar-refractivity contribution in [3.63, 3.8) is 0 Å². The van der Waals surface area contributed by atoms with Gasteiger partial charge in [0.05, 0.1) is 18.8 Å². The molecule has 1 aromatic carbocycles. The Balaban J connectivity index is 1.29. The van der Waals surface area contributed by atoms with Gasteiger partial charge in [0.25, 0.3) is 0 Å². The zero-order chi connectivity index (χ0) is 24.1. The van der Waals surface area contributed by atoms with Gasteiger partial charge in [-0.15, -0.1) is 0 Å². The highest BCUT2D eigenvalue weighted by Gasteiger charge is 2.30. The highest BCUT2D eigenvalue weighted by Crippen LogP contribution is 2.30. The highest BCUT2D eigenvalue weighted by molar-refractivity contribution is 6.05. The molecule has 0 radical (unpaired) electrons. The first-order valence-corrected chi connectivity index (χ1v) is 12.4. The largest absolute Gasteiger partial charge is 0.494 e. The normalized spacial score (nSPS) is 17.4. The van der Waals surface area contributed by atoms with Gasteiger partial charge < -0.3 is 19.4 Å². The van der Waals surface area contributed by atoms with Crippen molar-refractivity contribution in [1.82, 2.24) is 20.0 Å². The number of hydrogen-bond donors (Lipinski definition) is 1. The summed E-state index contributed by atoms with van der Waals surface area (Å²) >= 11 is 0. The summed E-state index contributed by atoms with van der Waals surface area (Å²) in [7, 11) is 1.78. The van der Waals surface area contributed by atoms with Crippen molar-refractivity contribution >= 4 is 29.4 Å². The minimum atomic E-state index is -0.0435. The number of guanidine groups is 1. The van der Waals surface area contributed by atoms with Gasteiger partial charge in [-0.05, 0) is 44.4 Å². The Labute approximate surface area is 201 Å². The maximum atomic E-state index is 13.1. The number of fused-ring (bicyclic) bond motifs is 2. The molecule has 0 spiro atoms. The number of hydrogen-bond acceptors (Lipinski definition) is 6. The Morgan fingerprint density at radius 3 is 2.74 bits per heavy atom. The molecule has 9 nitrogen and oxygen atoms in total. The highest BCUT2D eigenvalue weighted by atomic mass is 16.5. The van der Waals surface area contributed by atoms with Crippen molar-refractivity contribution in [3.05, 3.63) is 23.8 Å². The van der Waals surface area contributed by atoms with E-state index in [-0.39, 0.29) is 30.3 Å². The monoisotopic (exact) mass is 469 g/mol. The molecule has 0 atom stereocenters. The van der Waals surface area contributed by atoms with Crippen LogP contribution in [-0.4, -0.2) is 77.7 Å². The van der Waals surface area contributed by atoms with E-state index < -0.39 is 0 Å². The van der Waals surface area contributed by atoms with E-state index in [0.29, 0.717) is 45.0 Å². The second-order valence-corrected chi connectivity index (χ2v) is 9.30. The summed E-state index contributed by atoms with van der Waals surface area (Å²) in [4.78, 5) is 47.1. The summed E-state index contributed by atoms with van der Waals surface area (Å²) in [5, 5.41) is 2.76. The van der Waals surface area contributed by atoms with E-state index in [0.717, 1.165) is 42.7 Å². The van der Waals surface area contributed by atoms with Crippen LogP contribution in [0, 0.1) is 0 Å². The molecule has 1 saturated heterocycles. The molecule has 3 amide bonds. The van der Waals surface area contributed by atoms with Crippen LogP contribution >= 0.6 is 0 Å². The summed E-state index contributed by atoms with van der Waals surface area (Å²) in [6, 6.07) is 5.87. The molecular weight excluding hydrogens is 434 g/mol. The van der Waals surface area contributed by atoms with E-state index in [1.807, 2.05) is 34.9 Å². The Morgan fingerprint density at radius 1 is 1.18 bits per heavy atom. The van der Waals surface area contributed by atoms with Crippen LogP contribution in [0.1, 0.15) is 57.4 Å². The second-order valence-electron chi connectivity index (χ2n) is 9.30. The minimum absolute atomic E-state index is 0.00699. The molecule has 1 saturated carbocycles. The molecule has 2 heterocycles. The smallest absolute Gasteiger partial charge is 0.246 e. The number of rotatable bonds is 9. The summed E-state index contributed by atoms with van der Waals surface area (Å²) in [5.41, 5.74) is 1.84. The predicted molar refractivity (Wildman–Crippen MR) is 129 cm³/mol. The molecule has 1 aliphatic carbocycles. The van der Waals surface area contributed by atoms with Gasteiger partial charge in [-0.1, -0.05) is 19.3 Å². The number of aliphatic imine (C=N–C) groups is 1. The maximum Gasteiger partial charge on any atom is 0.246 e. The fraction of sp³-hybridized carbons (Fsp3) is 0.600. The van der Waals surface area contributed by atoms with E-state index in [4.69, 9.17) is 4.74 Å². The number of benzene rings is 1. The van der Waals surface area contributed by atoms with Gasteiger partial charge in [-0.2, -0.15) is 0 Å². The van der Waals surface area contributed by atoms with Crippen molar-refractivity contribution in [2.75, 3.05) is 33.3 Å². The molecule has 0 unspecified atom stereocenters. The molecule has 3 aliphatic rings. The molecule has 184 valence electrons. The molecule has 2 fully saturated rings. The van der Waals surface area contributed by atoms with Gasteiger partial charge >= 0.3 is 0 Å². The van der Waals surface area contributed by atoms with Gasteiger partial charge in [-0.3, -0.25) is 19.7 Å². The molecular formula is C25H35N5O4. The van der Waals surface area contributed by atoms with Gasteiger partial charge in [0, 0.05) is 38.2 Å². The number of ether oxygens (including phenoxy) is 1. The van der Waals surface area contributed by atoms with Gasteiger partial charge in [0.1, 0.15) is 12.3 Å². The molecule has 1 aromatic rings. The summed E-state index contributed by atoms with van der Waals surface area (Å²) in [5.74, 6) is 1.32. The lowest BCUT2D eigenvalue weighted by Gasteiger charge is -2.35. The van der Waals surface area contributed by atoms with Crippen molar-refractivity contribution in [1.29, 1.82) is 0 Å². The summed E-state index contributed by atoms with van der Waals surface area (Å²) < 4.78 is 5.92. The molecule has 0 aromatic heterocycles. The second kappa shape index (κ2) is 10.9. The van der Waals surface area contributed by atoms with Crippen LogP contribution in [0.25, 0.3) is 0 Å². The first-order valence-electron chi connectivity index (χ1n) is 12.4. The van der Waals surface area contributed by atoms with E-state index in [1.165, 1.54) is 6.42 Å². The third-order valence-electron chi connectivity index (χ3n) is 6.87. The molecule has 1 N–H and O–H groups in total. The fourth-order valence-corrected chi connectivity index (χ4v) is 4.74. The first-order chi connectivity index (χ1) is 16.4. The van der Waals surface area contributed by atoms with Crippen LogP contribution in [-0.2, 0) is 20.9 Å². The number of nitrogens with one attached hydrogen (secondary N) is 1. The zero-order valence-electron chi connectivity index (χ0n) is 20.2. The Hall–Kier alpha value is -3.10. The average molecular weight is 470 g/mol. The van der Waals surface area contributed by atoms with Crippen LogP contribution in [0.5, 0.6) is 5.75 Å². The number of amides is 3. The third-order valence-corrected chi connectivity index (χ3v) is 6.87. The molecule has 34 heavy (non-hydrogen) atoms. The van der Waals surface area contributed by atoms with Crippen molar-refractivity contribution in [2.45, 2.75) is 64.5 Å². The van der Waals surface area contributed by atoms with E-state index >= 15 is 0 Å². The van der Waals surface area contributed by atoms with Crippen molar-refractivity contribution < 1.29 is 19.1 Å². The maximum absolute atomic E-state index is 13.1. The van der Waals surface area contributed by atoms with Crippen LogP contribution in [0.3, 0.4) is 0 Å². The quantitative estimate of drug-likeness (QED) is 0.561. The number of nitrogens with zero attached hydrogens (tertiary/aromatic N) is 4. The van der Waals surface area contributed by atoms with Crippen LogP contribution in [0.2, 0.25) is 0 Å². The lowest BCUT2D eigenvalue weighted by atomic mass is 9.94. The fourth-order valence-electron chi connectivity index (χ4n) is 4.74. The molecule has 0 bridgehead atoms. The van der Waals surface area contributed by atoms with E-state index in [2.05, 4.69) is 10.3 Å². The molecule has 4 rings (SSSR count). The van der Waals surface area contributed by atoms with Crippen molar-refractivity contribution in [2.24, 2.45) is 4.99 Å². The number of likely N-dealkylation sites (N-methyl/N-ethyl adjacent to an activating group) is 1. The number of carbonyl (C=O) groups excluding carboxylic acids is 3. The molecule has 2 aliphatic heterocycles. The van der Waals surface area contributed by atoms with Gasteiger partial charge in [0.2, 0.25) is 23.7 Å². The Kier molecular flexibility index (Phi) is 7.70. The topological polar surface area (TPSA) is 94.6 Å². The van der Waals surface area contributed by atoms with Crippen molar-refractivity contribution in [3.8, 4) is 5.75 Å². The van der Waals surface area contributed by atoms with Crippen LogP contribution in [0.4, 0.5) is 5.69 Å². The Morgan fingerprint density at radius 2 is 1.97 bits per heavy atom. The Bertz CT molecular complexity index is 957. The number of carbonyl (C=O) groups is 3. The SMILES string of the molecule is CCN(C)C(=O)CN(C(=O)CCCOc1ccc2c(c1)CN1CC(=O)NC1=N2)C1CCCCC1. The summed E-state index contributed by atoms with van der Waals surface area (Å²) in [6.07, 6.45) is 6.32.